The number of benzene rings is 2. The van der Waals surface area contributed by atoms with Gasteiger partial charge in [-0.1, -0.05) is 6.07 Å². The van der Waals surface area contributed by atoms with Crippen LogP contribution in [0.15, 0.2) is 53.4 Å². The molecule has 33 heavy (non-hydrogen) atoms. The zero-order chi connectivity index (χ0) is 24.2. The van der Waals surface area contributed by atoms with Gasteiger partial charge in [0.25, 0.3) is 0 Å². The average Bonchev–Trinajstić information content (AvgIpc) is 2.78. The molecule has 2 aromatic carbocycles. The maximum Gasteiger partial charge on any atom is 0.416 e. The van der Waals surface area contributed by atoms with Crippen LogP contribution in [0.1, 0.15) is 12.0 Å². The van der Waals surface area contributed by atoms with Crippen LogP contribution >= 0.6 is 0 Å². The Morgan fingerprint density at radius 1 is 1.03 bits per heavy atom. The Balaban J connectivity index is 1.46. The summed E-state index contributed by atoms with van der Waals surface area (Å²) in [6.45, 7) is 2.95. The van der Waals surface area contributed by atoms with E-state index in [1.807, 2.05) is 4.90 Å². The zero-order valence-corrected chi connectivity index (χ0v) is 19.3. The minimum Gasteiger partial charge on any atom is -0.369 e. The van der Waals surface area contributed by atoms with Crippen molar-refractivity contribution in [2.45, 2.75) is 17.5 Å². The van der Waals surface area contributed by atoms with Gasteiger partial charge in [0.05, 0.1) is 10.5 Å². The van der Waals surface area contributed by atoms with E-state index in [9.17, 15) is 26.4 Å². The van der Waals surface area contributed by atoms with E-state index in [0.29, 0.717) is 44.1 Å². The predicted octanol–water partition coefficient (Wildman–Crippen LogP) is 3.11. The van der Waals surface area contributed by atoms with Gasteiger partial charge >= 0.3 is 6.18 Å². The number of nitrogens with zero attached hydrogens (tertiary/aromatic N) is 3. The SMILES string of the molecule is CN(C)S(=O)(=O)c1ccc(NC(=O)CCN2CCN(c3cccc(C(F)(F)F)c3)CC2)cc1. The van der Waals surface area contributed by atoms with Crippen molar-refractivity contribution in [3.05, 3.63) is 54.1 Å². The van der Waals surface area contributed by atoms with E-state index in [1.165, 1.54) is 32.3 Å². The summed E-state index contributed by atoms with van der Waals surface area (Å²) in [5.41, 5.74) is 0.389. The Labute approximate surface area is 191 Å². The van der Waals surface area contributed by atoms with Gasteiger partial charge in [0.15, 0.2) is 0 Å². The summed E-state index contributed by atoms with van der Waals surface area (Å²) in [6, 6.07) is 11.3. The third-order valence-electron chi connectivity index (χ3n) is 5.48. The lowest BCUT2D eigenvalue weighted by Gasteiger charge is -2.36. The highest BCUT2D eigenvalue weighted by atomic mass is 32.2. The highest BCUT2D eigenvalue weighted by molar-refractivity contribution is 7.89. The van der Waals surface area contributed by atoms with Crippen LogP contribution in [0.25, 0.3) is 0 Å². The number of hydrogen-bond donors (Lipinski definition) is 1. The molecule has 1 aliphatic heterocycles. The molecule has 3 rings (SSSR count). The highest BCUT2D eigenvalue weighted by Gasteiger charge is 2.31. The molecule has 0 radical (unpaired) electrons. The number of alkyl halides is 3. The molecule has 1 heterocycles. The van der Waals surface area contributed by atoms with Crippen molar-refractivity contribution in [3.63, 3.8) is 0 Å². The van der Waals surface area contributed by atoms with Crippen LogP contribution in [0.3, 0.4) is 0 Å². The van der Waals surface area contributed by atoms with Crippen LogP contribution in [0.4, 0.5) is 24.5 Å². The fourth-order valence-corrected chi connectivity index (χ4v) is 4.41. The molecule has 2 aromatic rings. The molecule has 1 saturated heterocycles. The van der Waals surface area contributed by atoms with E-state index in [0.717, 1.165) is 16.4 Å². The summed E-state index contributed by atoms with van der Waals surface area (Å²) in [6.07, 6.45) is -4.12. The maximum atomic E-state index is 12.9. The minimum atomic E-state index is -4.37. The molecule has 0 spiro atoms. The summed E-state index contributed by atoms with van der Waals surface area (Å²) in [4.78, 5) is 16.4. The number of amides is 1. The molecule has 0 aliphatic carbocycles. The molecular formula is C22H27F3N4O3S. The van der Waals surface area contributed by atoms with Crippen LogP contribution in [0.5, 0.6) is 0 Å². The summed E-state index contributed by atoms with van der Waals surface area (Å²) in [7, 11) is -0.629. The van der Waals surface area contributed by atoms with Gasteiger partial charge in [0, 0.05) is 64.6 Å². The first-order valence-electron chi connectivity index (χ1n) is 10.4. The number of carbonyl (C=O) groups is 1. The van der Waals surface area contributed by atoms with Crippen molar-refractivity contribution in [1.82, 2.24) is 9.21 Å². The van der Waals surface area contributed by atoms with Gasteiger partial charge in [-0.2, -0.15) is 13.2 Å². The Morgan fingerprint density at radius 2 is 1.67 bits per heavy atom. The van der Waals surface area contributed by atoms with Crippen molar-refractivity contribution in [2.75, 3.05) is 57.0 Å². The van der Waals surface area contributed by atoms with Crippen molar-refractivity contribution >= 4 is 27.3 Å². The summed E-state index contributed by atoms with van der Waals surface area (Å²) >= 11 is 0. The van der Waals surface area contributed by atoms with Gasteiger partial charge in [0.1, 0.15) is 0 Å². The van der Waals surface area contributed by atoms with E-state index < -0.39 is 21.8 Å². The molecule has 1 aliphatic rings. The molecule has 0 unspecified atom stereocenters. The number of anilines is 2. The van der Waals surface area contributed by atoms with Crippen molar-refractivity contribution in [3.8, 4) is 0 Å². The summed E-state index contributed by atoms with van der Waals surface area (Å²) in [5.74, 6) is -0.196. The quantitative estimate of drug-likeness (QED) is 0.654. The monoisotopic (exact) mass is 484 g/mol. The molecule has 11 heteroatoms. The Hall–Kier alpha value is -2.63. The standard InChI is InChI=1S/C22H27F3N4O3S/c1-27(2)33(31,32)20-8-6-18(7-9-20)26-21(30)10-11-28-12-14-29(15-13-28)19-5-3-4-17(16-19)22(23,24)25/h3-9,16H,10-15H2,1-2H3,(H,26,30). The zero-order valence-electron chi connectivity index (χ0n) is 18.5. The second-order valence-corrected chi connectivity index (χ2v) is 10.1. The van der Waals surface area contributed by atoms with Crippen molar-refractivity contribution < 1.29 is 26.4 Å². The number of halogens is 3. The van der Waals surface area contributed by atoms with Crippen LogP contribution < -0.4 is 10.2 Å². The second-order valence-electron chi connectivity index (χ2n) is 7.99. The van der Waals surface area contributed by atoms with Crippen LogP contribution in [0, 0.1) is 0 Å². The van der Waals surface area contributed by atoms with Gasteiger partial charge in [-0.05, 0) is 42.5 Å². The topological polar surface area (TPSA) is 73.0 Å². The van der Waals surface area contributed by atoms with Gasteiger partial charge in [-0.3, -0.25) is 9.69 Å². The Morgan fingerprint density at radius 3 is 2.24 bits per heavy atom. The molecule has 7 nitrogen and oxygen atoms in total. The normalized spacial score (nSPS) is 15.6. The number of carbonyl (C=O) groups excluding carboxylic acids is 1. The van der Waals surface area contributed by atoms with Gasteiger partial charge in [0.2, 0.25) is 15.9 Å². The first-order valence-corrected chi connectivity index (χ1v) is 11.9. The Kier molecular flexibility index (Phi) is 7.65. The Bertz CT molecular complexity index is 1070. The lowest BCUT2D eigenvalue weighted by molar-refractivity contribution is -0.137. The predicted molar refractivity (Wildman–Crippen MR) is 121 cm³/mol. The first-order chi connectivity index (χ1) is 15.5. The van der Waals surface area contributed by atoms with Crippen LogP contribution in [0.2, 0.25) is 0 Å². The van der Waals surface area contributed by atoms with Gasteiger partial charge in [-0.25, -0.2) is 12.7 Å². The second kappa shape index (κ2) is 10.1. The third-order valence-corrected chi connectivity index (χ3v) is 7.31. The number of rotatable bonds is 7. The molecule has 0 atom stereocenters. The lowest BCUT2D eigenvalue weighted by atomic mass is 10.1. The number of hydrogen-bond acceptors (Lipinski definition) is 5. The molecule has 0 saturated carbocycles. The fraction of sp³-hybridized carbons (Fsp3) is 0.409. The van der Waals surface area contributed by atoms with Crippen LogP contribution in [-0.4, -0.2) is 70.3 Å². The van der Waals surface area contributed by atoms with Gasteiger partial charge < -0.3 is 10.2 Å². The summed E-state index contributed by atoms with van der Waals surface area (Å²) < 4.78 is 64.1. The van der Waals surface area contributed by atoms with E-state index >= 15 is 0 Å². The summed E-state index contributed by atoms with van der Waals surface area (Å²) in [5, 5.41) is 2.75. The molecule has 0 aromatic heterocycles. The van der Waals surface area contributed by atoms with E-state index in [2.05, 4.69) is 10.2 Å². The highest BCUT2D eigenvalue weighted by Crippen LogP contribution is 2.31. The third kappa shape index (κ3) is 6.46. The van der Waals surface area contributed by atoms with Crippen molar-refractivity contribution in [1.29, 1.82) is 0 Å². The van der Waals surface area contributed by atoms with Crippen molar-refractivity contribution in [2.24, 2.45) is 0 Å². The number of piperazine rings is 1. The molecule has 1 fully saturated rings. The number of nitrogens with one attached hydrogen (secondary N) is 1. The van der Waals surface area contributed by atoms with Crippen LogP contribution in [-0.2, 0) is 21.0 Å². The average molecular weight is 485 g/mol. The number of sulfonamides is 1. The smallest absolute Gasteiger partial charge is 0.369 e. The maximum absolute atomic E-state index is 12.9. The molecule has 0 bridgehead atoms. The molecule has 180 valence electrons. The van der Waals surface area contributed by atoms with E-state index in [1.54, 1.807) is 18.2 Å². The van der Waals surface area contributed by atoms with E-state index in [-0.39, 0.29) is 17.2 Å². The minimum absolute atomic E-state index is 0.143. The fourth-order valence-electron chi connectivity index (χ4n) is 3.51. The van der Waals surface area contributed by atoms with E-state index in [4.69, 9.17) is 0 Å². The largest absolute Gasteiger partial charge is 0.416 e. The first kappa shape index (κ1) is 25.0. The van der Waals surface area contributed by atoms with Gasteiger partial charge in [-0.15, -0.1) is 0 Å². The molecule has 1 amide bonds. The molecular weight excluding hydrogens is 457 g/mol. The lowest BCUT2D eigenvalue weighted by Crippen LogP contribution is -2.47. The molecule has 1 N–H and O–H groups in total.